The van der Waals surface area contributed by atoms with Crippen LogP contribution in [0.25, 0.3) is 0 Å². The Balaban J connectivity index is 0.000000141. The third-order valence-electron chi connectivity index (χ3n) is 13.7. The molecule has 34 heavy (non-hydrogen) atoms. The van der Waals surface area contributed by atoms with Crippen molar-refractivity contribution in [2.45, 2.75) is 102 Å². The Kier molecular flexibility index (Phi) is 9.17. The Bertz CT molecular complexity index is 479. The maximum Gasteiger partial charge on any atom is 3.00 e. The van der Waals surface area contributed by atoms with Gasteiger partial charge in [0.2, 0.25) is 0 Å². The fourth-order valence-corrected chi connectivity index (χ4v) is 9.98. The Morgan fingerprint density at radius 2 is 0.471 bits per heavy atom. The standard InChI is InChI=1S/3C11H19.Cr/c3*1-6-7(2)11-5-10(6)8(3)9(11)4;/h3*6-10H,5H2,1-4H3;/q3*-1;+3. The molecule has 6 bridgehead atoms. The zero-order valence-corrected chi connectivity index (χ0v) is 26.0. The van der Waals surface area contributed by atoms with Crippen LogP contribution in [0.1, 0.15) is 102 Å². The number of rotatable bonds is 0. The van der Waals surface area contributed by atoms with Crippen LogP contribution in [0.5, 0.6) is 0 Å². The molecular weight excluding hydrogens is 448 g/mol. The second-order valence-electron chi connectivity index (χ2n) is 14.2. The van der Waals surface area contributed by atoms with Crippen LogP contribution in [0.4, 0.5) is 0 Å². The zero-order chi connectivity index (χ0) is 24.5. The van der Waals surface area contributed by atoms with Gasteiger partial charge in [0.25, 0.3) is 0 Å². The summed E-state index contributed by atoms with van der Waals surface area (Å²) in [6.45, 7) is 29.1. The van der Waals surface area contributed by atoms with Crippen LogP contribution in [-0.2, 0) is 17.4 Å². The molecule has 6 saturated carbocycles. The van der Waals surface area contributed by atoms with Crippen molar-refractivity contribution in [1.29, 1.82) is 0 Å². The molecule has 0 aliphatic heterocycles. The van der Waals surface area contributed by atoms with Gasteiger partial charge in [0.15, 0.2) is 0 Å². The minimum atomic E-state index is 0. The third kappa shape index (κ3) is 4.53. The van der Waals surface area contributed by atoms with Crippen LogP contribution in [0, 0.1) is 107 Å². The van der Waals surface area contributed by atoms with E-state index in [0.717, 1.165) is 88.8 Å². The Morgan fingerprint density at radius 1 is 0.324 bits per heavy atom. The molecule has 1 radical (unpaired) electrons. The fourth-order valence-electron chi connectivity index (χ4n) is 9.98. The van der Waals surface area contributed by atoms with Crippen molar-refractivity contribution in [2.24, 2.45) is 88.8 Å². The Hall–Kier alpha value is 0.532. The van der Waals surface area contributed by atoms with Gasteiger partial charge in [0.05, 0.1) is 0 Å². The van der Waals surface area contributed by atoms with Crippen molar-refractivity contribution < 1.29 is 17.4 Å². The molecule has 0 nitrogen and oxygen atoms in total. The maximum atomic E-state index is 2.44. The van der Waals surface area contributed by atoms with E-state index in [9.17, 15) is 0 Å². The molecule has 0 N–H and O–H groups in total. The summed E-state index contributed by atoms with van der Waals surface area (Å²) in [6.07, 6.45) is 4.35. The predicted molar refractivity (Wildman–Crippen MR) is 144 cm³/mol. The molecule has 0 amide bonds. The molecule has 6 aliphatic rings. The van der Waals surface area contributed by atoms with Gasteiger partial charge in [0, 0.05) is 0 Å². The number of fused-ring (bicyclic) bond motifs is 6. The second-order valence-corrected chi connectivity index (χ2v) is 14.2. The van der Waals surface area contributed by atoms with Crippen LogP contribution < -0.4 is 0 Å². The van der Waals surface area contributed by atoms with Gasteiger partial charge in [-0.05, 0) is 0 Å². The maximum absolute atomic E-state index is 2.44. The van der Waals surface area contributed by atoms with E-state index in [-0.39, 0.29) is 17.4 Å². The van der Waals surface area contributed by atoms with Gasteiger partial charge in [0.1, 0.15) is 0 Å². The van der Waals surface area contributed by atoms with Crippen molar-refractivity contribution >= 4 is 0 Å². The molecule has 0 spiro atoms. The minimum Gasteiger partial charge on any atom is -0.307 e. The van der Waals surface area contributed by atoms with Crippen LogP contribution >= 0.6 is 0 Å². The summed E-state index contributed by atoms with van der Waals surface area (Å²) in [5.74, 6) is 20.0. The van der Waals surface area contributed by atoms with E-state index in [2.05, 4.69) is 83.1 Å². The summed E-state index contributed by atoms with van der Waals surface area (Å²) < 4.78 is 0. The van der Waals surface area contributed by atoms with E-state index in [1.54, 1.807) is 0 Å². The largest absolute Gasteiger partial charge is 3.00 e. The molecule has 12 unspecified atom stereocenters. The predicted octanol–water partition coefficient (Wildman–Crippen LogP) is 9.41. The molecule has 6 aliphatic carbocycles. The summed E-state index contributed by atoms with van der Waals surface area (Å²) >= 11 is 0. The average Bonchev–Trinajstić information content (AvgIpc) is 3.57. The molecular formula is C33H57Cr. The van der Waals surface area contributed by atoms with Crippen molar-refractivity contribution in [2.75, 3.05) is 0 Å². The van der Waals surface area contributed by atoms with Gasteiger partial charge in [-0.15, -0.1) is 0 Å². The summed E-state index contributed by atoms with van der Waals surface area (Å²) in [6, 6.07) is 0. The first-order valence-electron chi connectivity index (χ1n) is 14.9. The summed E-state index contributed by atoms with van der Waals surface area (Å²) in [4.78, 5) is 0. The Morgan fingerprint density at radius 3 is 0.559 bits per heavy atom. The van der Waals surface area contributed by atoms with Crippen molar-refractivity contribution in [3.8, 4) is 0 Å². The monoisotopic (exact) mass is 505 g/mol. The first-order chi connectivity index (χ1) is 15.4. The number of hydrogen-bond donors (Lipinski definition) is 0. The molecule has 0 heterocycles. The van der Waals surface area contributed by atoms with Crippen LogP contribution in [-0.4, -0.2) is 0 Å². The van der Waals surface area contributed by atoms with E-state index in [1.165, 1.54) is 19.3 Å². The SMILES string of the molecule is CC1[C-]2CC(C1C)C(C)C2C.CC1[C-]2CC(C1C)C(C)C2C.CC1[C-]2CC(C1C)C(C)C2C.[Cr+3]. The fraction of sp³-hybridized carbons (Fsp3) is 0.909. The zero-order valence-electron chi connectivity index (χ0n) is 24.7. The van der Waals surface area contributed by atoms with Gasteiger partial charge in [-0.3, -0.25) is 0 Å². The molecule has 12 atom stereocenters. The molecule has 0 aromatic carbocycles. The van der Waals surface area contributed by atoms with E-state index >= 15 is 0 Å². The number of hydrogen-bond acceptors (Lipinski definition) is 0. The third-order valence-corrected chi connectivity index (χ3v) is 13.7. The first kappa shape index (κ1) is 29.1. The Labute approximate surface area is 225 Å². The topological polar surface area (TPSA) is 0 Å². The molecule has 6 fully saturated rings. The van der Waals surface area contributed by atoms with Crippen molar-refractivity contribution in [1.82, 2.24) is 0 Å². The summed E-state index contributed by atoms with van der Waals surface area (Å²) in [5.41, 5.74) is 0. The van der Waals surface area contributed by atoms with Crippen LogP contribution in [0.3, 0.4) is 0 Å². The first-order valence-corrected chi connectivity index (χ1v) is 14.9. The van der Waals surface area contributed by atoms with Gasteiger partial charge in [-0.1, -0.05) is 136 Å². The quantitative estimate of drug-likeness (QED) is 0.288. The molecule has 0 saturated heterocycles. The second kappa shape index (κ2) is 10.7. The van der Waals surface area contributed by atoms with Crippen molar-refractivity contribution in [3.63, 3.8) is 0 Å². The molecule has 6 rings (SSSR count). The van der Waals surface area contributed by atoms with Crippen molar-refractivity contribution in [3.05, 3.63) is 17.8 Å². The molecule has 195 valence electrons. The van der Waals surface area contributed by atoms with E-state index < -0.39 is 0 Å². The van der Waals surface area contributed by atoms with Crippen LogP contribution in [0.15, 0.2) is 0 Å². The van der Waals surface area contributed by atoms with Gasteiger partial charge in [-0.25, -0.2) is 0 Å². The summed E-state index contributed by atoms with van der Waals surface area (Å²) in [5, 5.41) is 0. The average molecular weight is 506 g/mol. The van der Waals surface area contributed by atoms with E-state index in [4.69, 9.17) is 0 Å². The molecule has 1 heteroatoms. The van der Waals surface area contributed by atoms with Gasteiger partial charge < -0.3 is 17.8 Å². The normalized spacial score (nSPS) is 55.6. The molecule has 0 aromatic rings. The summed E-state index contributed by atoms with van der Waals surface area (Å²) in [7, 11) is 0. The van der Waals surface area contributed by atoms with Gasteiger partial charge in [-0.2, -0.15) is 54.8 Å². The molecule has 0 aromatic heterocycles. The van der Waals surface area contributed by atoms with Crippen LogP contribution in [0.2, 0.25) is 0 Å². The van der Waals surface area contributed by atoms with E-state index in [0.29, 0.717) is 0 Å². The minimum absolute atomic E-state index is 0. The smallest absolute Gasteiger partial charge is 0.307 e. The van der Waals surface area contributed by atoms with Gasteiger partial charge >= 0.3 is 17.4 Å². The van der Waals surface area contributed by atoms with E-state index in [1.807, 2.05) is 17.8 Å².